The van der Waals surface area contributed by atoms with E-state index in [4.69, 9.17) is 11.6 Å². The van der Waals surface area contributed by atoms with Gasteiger partial charge >= 0.3 is 6.18 Å². The van der Waals surface area contributed by atoms with E-state index in [0.717, 1.165) is 9.70 Å². The van der Waals surface area contributed by atoms with Crippen LogP contribution in [0.3, 0.4) is 0 Å². The molecule has 1 aliphatic heterocycles. The topological polar surface area (TPSA) is 102 Å². The van der Waals surface area contributed by atoms with Gasteiger partial charge < -0.3 is 10.2 Å². The number of carbonyl (C=O) groups is 1. The molecule has 9 nitrogen and oxygen atoms in total. The van der Waals surface area contributed by atoms with Crippen LogP contribution in [0.4, 0.5) is 27.9 Å². The van der Waals surface area contributed by atoms with Crippen LogP contribution in [-0.2, 0) is 13.2 Å². The third-order valence-corrected chi connectivity index (χ3v) is 5.90. The molecule has 0 aliphatic carbocycles. The predicted octanol–water partition coefficient (Wildman–Crippen LogP) is 3.94. The van der Waals surface area contributed by atoms with E-state index < -0.39 is 48.5 Å². The van der Waals surface area contributed by atoms with Crippen molar-refractivity contribution in [1.82, 2.24) is 34.8 Å². The lowest BCUT2D eigenvalue weighted by atomic mass is 9.88. The molecule has 3 aromatic rings. The first-order chi connectivity index (χ1) is 16.8. The van der Waals surface area contributed by atoms with Gasteiger partial charge in [0.15, 0.2) is 5.69 Å². The van der Waals surface area contributed by atoms with Crippen molar-refractivity contribution in [2.45, 2.75) is 31.5 Å². The Kier molecular flexibility index (Phi) is 6.82. The number of piperidine rings is 1. The zero-order valence-corrected chi connectivity index (χ0v) is 19.7. The molecule has 0 radical (unpaired) electrons. The smallest absolute Gasteiger partial charge is 0.352 e. The summed E-state index contributed by atoms with van der Waals surface area (Å²) in [6, 6.07) is 2.30. The number of halogens is 6. The summed E-state index contributed by atoms with van der Waals surface area (Å²) in [7, 11) is 1.48. The average molecular weight is 531 g/mol. The zero-order valence-electron chi connectivity index (χ0n) is 19.0. The number of nitrogens with one attached hydrogen (secondary N) is 1. The van der Waals surface area contributed by atoms with E-state index in [2.05, 4.69) is 30.5 Å². The number of aromatic nitrogens is 6. The minimum atomic E-state index is -4.60. The summed E-state index contributed by atoms with van der Waals surface area (Å²) in [4.78, 5) is 27.1. The number of amides is 1. The molecule has 36 heavy (non-hydrogen) atoms. The van der Waals surface area contributed by atoms with Crippen molar-refractivity contribution in [3.63, 3.8) is 0 Å². The molecule has 0 spiro atoms. The first-order valence-electron chi connectivity index (χ1n) is 10.7. The molecular formula is C21H20ClF5N8O. The van der Waals surface area contributed by atoms with Crippen LogP contribution in [0.15, 0.2) is 30.7 Å². The summed E-state index contributed by atoms with van der Waals surface area (Å²) in [5.74, 6) is -4.75. The van der Waals surface area contributed by atoms with Crippen LogP contribution < -0.4 is 5.32 Å². The van der Waals surface area contributed by atoms with Crippen LogP contribution >= 0.6 is 11.6 Å². The van der Waals surface area contributed by atoms with Gasteiger partial charge in [-0.15, -0.1) is 5.10 Å². The van der Waals surface area contributed by atoms with E-state index in [1.165, 1.54) is 19.3 Å². The van der Waals surface area contributed by atoms with Gasteiger partial charge in [0, 0.05) is 38.6 Å². The summed E-state index contributed by atoms with van der Waals surface area (Å²) in [5, 5.41) is 11.4. The van der Waals surface area contributed by atoms with Gasteiger partial charge in [-0.2, -0.15) is 23.1 Å². The van der Waals surface area contributed by atoms with Crippen molar-refractivity contribution in [3.05, 3.63) is 47.0 Å². The maximum Gasteiger partial charge on any atom is 0.419 e. The molecule has 1 fully saturated rings. The summed E-state index contributed by atoms with van der Waals surface area (Å²) < 4.78 is 67.3. The monoisotopic (exact) mass is 530 g/mol. The Balaban J connectivity index is 1.60. The van der Waals surface area contributed by atoms with E-state index in [1.54, 1.807) is 13.0 Å². The predicted molar refractivity (Wildman–Crippen MR) is 118 cm³/mol. The number of hydrogen-bond acceptors (Lipinski definition) is 7. The second kappa shape index (κ2) is 9.56. The van der Waals surface area contributed by atoms with E-state index in [9.17, 15) is 26.7 Å². The molecule has 1 N–H and O–H groups in total. The van der Waals surface area contributed by atoms with Gasteiger partial charge in [-0.3, -0.25) is 9.78 Å². The molecule has 1 aliphatic rings. The molecule has 1 saturated heterocycles. The SMILES string of the molecule is CC1CC(F)(F)CN(C(=O)c2nn(C)nc2-c2ccc(Cl)cn2)C1CNc1ncc(C(F)(F)F)cn1. The first-order valence-corrected chi connectivity index (χ1v) is 11.1. The van der Waals surface area contributed by atoms with Crippen molar-refractivity contribution in [2.24, 2.45) is 13.0 Å². The van der Waals surface area contributed by atoms with Gasteiger partial charge in [-0.1, -0.05) is 18.5 Å². The third-order valence-electron chi connectivity index (χ3n) is 5.68. The van der Waals surface area contributed by atoms with Crippen LogP contribution in [0.25, 0.3) is 11.4 Å². The summed E-state index contributed by atoms with van der Waals surface area (Å²) >= 11 is 5.88. The lowest BCUT2D eigenvalue weighted by molar-refractivity contribution is -0.138. The Morgan fingerprint density at radius 3 is 2.47 bits per heavy atom. The first kappa shape index (κ1) is 25.7. The normalized spacial score (nSPS) is 19.8. The van der Waals surface area contributed by atoms with Crippen molar-refractivity contribution in [3.8, 4) is 11.4 Å². The van der Waals surface area contributed by atoms with Crippen LogP contribution in [0.2, 0.25) is 5.02 Å². The molecule has 0 bridgehead atoms. The highest BCUT2D eigenvalue weighted by Gasteiger charge is 2.47. The summed E-state index contributed by atoms with van der Waals surface area (Å²) in [5.41, 5.74) is -0.825. The lowest BCUT2D eigenvalue weighted by Gasteiger charge is -2.43. The number of hydrogen-bond donors (Lipinski definition) is 1. The Labute approximate surface area is 206 Å². The fourth-order valence-electron chi connectivity index (χ4n) is 4.02. The molecule has 2 unspecified atom stereocenters. The van der Waals surface area contributed by atoms with Gasteiger partial charge in [0.25, 0.3) is 11.8 Å². The summed E-state index contributed by atoms with van der Waals surface area (Å²) in [6.45, 7) is 0.606. The third kappa shape index (κ3) is 5.53. The second-order valence-corrected chi connectivity index (χ2v) is 8.90. The van der Waals surface area contributed by atoms with Gasteiger partial charge in [0.05, 0.1) is 28.9 Å². The van der Waals surface area contributed by atoms with Crippen LogP contribution in [0.5, 0.6) is 0 Å². The van der Waals surface area contributed by atoms with Crippen molar-refractivity contribution < 1.29 is 26.7 Å². The number of likely N-dealkylation sites (tertiary alicyclic amines) is 1. The molecule has 15 heteroatoms. The van der Waals surface area contributed by atoms with Crippen LogP contribution in [0, 0.1) is 5.92 Å². The number of anilines is 1. The molecule has 0 saturated carbocycles. The van der Waals surface area contributed by atoms with E-state index >= 15 is 0 Å². The zero-order chi connectivity index (χ0) is 26.3. The molecule has 0 aromatic carbocycles. The number of alkyl halides is 5. The van der Waals surface area contributed by atoms with Crippen LogP contribution in [0.1, 0.15) is 29.4 Å². The molecule has 4 rings (SSSR count). The quantitative estimate of drug-likeness (QED) is 0.499. The second-order valence-electron chi connectivity index (χ2n) is 8.46. The van der Waals surface area contributed by atoms with Gasteiger partial charge in [0.1, 0.15) is 5.69 Å². The van der Waals surface area contributed by atoms with Gasteiger partial charge in [-0.25, -0.2) is 18.7 Å². The number of carbonyl (C=O) groups excluding carboxylic acids is 1. The van der Waals surface area contributed by atoms with Crippen molar-refractivity contribution >= 4 is 23.5 Å². The molecular weight excluding hydrogens is 511 g/mol. The Morgan fingerprint density at radius 1 is 1.17 bits per heavy atom. The van der Waals surface area contributed by atoms with Crippen molar-refractivity contribution in [2.75, 3.05) is 18.4 Å². The van der Waals surface area contributed by atoms with Gasteiger partial charge in [-0.05, 0) is 18.1 Å². The molecule has 2 atom stereocenters. The maximum absolute atomic E-state index is 14.5. The number of pyridine rings is 1. The highest BCUT2D eigenvalue weighted by molar-refractivity contribution is 6.30. The minimum Gasteiger partial charge on any atom is -0.352 e. The highest BCUT2D eigenvalue weighted by atomic mass is 35.5. The molecule has 4 heterocycles. The molecule has 3 aromatic heterocycles. The largest absolute Gasteiger partial charge is 0.419 e. The molecule has 1 amide bonds. The number of nitrogens with zero attached hydrogens (tertiary/aromatic N) is 7. The maximum atomic E-state index is 14.5. The van der Waals surface area contributed by atoms with E-state index in [0.29, 0.717) is 17.4 Å². The Morgan fingerprint density at radius 2 is 1.86 bits per heavy atom. The van der Waals surface area contributed by atoms with E-state index in [-0.39, 0.29) is 29.6 Å². The van der Waals surface area contributed by atoms with Crippen molar-refractivity contribution in [1.29, 1.82) is 0 Å². The standard InChI is InChI=1S/C21H20ClF5N8O/c1-11-5-20(23,24)10-35(15(11)9-31-19-29-6-12(7-30-19)21(25,26)27)18(36)17-16(32-34(2)33-17)14-4-3-13(22)8-28-14/h3-4,6-8,11,15H,5,9-10H2,1-2H3,(H,29,30,31). The number of aryl methyl sites for hydroxylation is 1. The fourth-order valence-corrected chi connectivity index (χ4v) is 4.13. The minimum absolute atomic E-state index is 0.0802. The lowest BCUT2D eigenvalue weighted by Crippen LogP contribution is -2.57. The highest BCUT2D eigenvalue weighted by Crippen LogP contribution is 2.36. The average Bonchev–Trinajstić information content (AvgIpc) is 3.19. The fraction of sp³-hybridized carbons (Fsp3) is 0.429. The van der Waals surface area contributed by atoms with Crippen LogP contribution in [-0.4, -0.2) is 65.8 Å². The Hall–Kier alpha value is -3.42. The summed E-state index contributed by atoms with van der Waals surface area (Å²) in [6.07, 6.45) is -2.50. The molecule has 192 valence electrons. The van der Waals surface area contributed by atoms with E-state index in [1.807, 2.05) is 0 Å². The Bertz CT molecular complexity index is 1230. The number of rotatable bonds is 5. The van der Waals surface area contributed by atoms with Gasteiger partial charge in [0.2, 0.25) is 5.95 Å².